The Balaban J connectivity index is 1.32. The summed E-state index contributed by atoms with van der Waals surface area (Å²) >= 11 is 0. The molecule has 0 radical (unpaired) electrons. The maximum atomic E-state index is 7.07. The van der Waals surface area contributed by atoms with E-state index in [-0.39, 0.29) is 5.41 Å². The Morgan fingerprint density at radius 1 is 0.490 bits per heavy atom. The monoisotopic (exact) mass is 630 g/mol. The summed E-state index contributed by atoms with van der Waals surface area (Å²) < 4.78 is 12.1. The van der Waals surface area contributed by atoms with Gasteiger partial charge < -0.3 is 4.74 Å². The van der Waals surface area contributed by atoms with Crippen LogP contribution in [0.3, 0.4) is 0 Å². The van der Waals surface area contributed by atoms with E-state index in [2.05, 4.69) is 179 Å². The second-order valence-electron chi connectivity index (χ2n) is 14.2. The zero-order chi connectivity index (χ0) is 32.2. The molecule has 0 fully saturated rings. The summed E-state index contributed by atoms with van der Waals surface area (Å²) in [4.78, 5) is 4.96. The molecule has 5 heteroatoms. The van der Waals surface area contributed by atoms with Gasteiger partial charge in [-0.05, 0) is 59.7 Å². The van der Waals surface area contributed by atoms with Crippen molar-refractivity contribution in [3.63, 3.8) is 0 Å². The van der Waals surface area contributed by atoms with Crippen LogP contribution >= 0.6 is 0 Å². The Kier molecular flexibility index (Phi) is 4.45. The van der Waals surface area contributed by atoms with Gasteiger partial charge in [0.1, 0.15) is 39.7 Å². The smallest absolute Gasteiger partial charge is 0.321 e. The van der Waals surface area contributed by atoms with Gasteiger partial charge in [-0.1, -0.05) is 92.7 Å². The molecule has 1 atom stereocenters. The van der Waals surface area contributed by atoms with Crippen LogP contribution < -0.4 is 23.7 Å². The van der Waals surface area contributed by atoms with Crippen LogP contribution in [0, 0.1) is 0 Å². The maximum absolute atomic E-state index is 7.07. The molecule has 7 heterocycles. The van der Waals surface area contributed by atoms with Crippen molar-refractivity contribution in [2.24, 2.45) is 0 Å². The van der Waals surface area contributed by atoms with Crippen molar-refractivity contribution in [3.05, 3.63) is 168 Å². The van der Waals surface area contributed by atoms with E-state index in [1.807, 2.05) is 0 Å². The lowest BCUT2D eigenvalue weighted by atomic mass is 9.69. The summed E-state index contributed by atoms with van der Waals surface area (Å²) in [5.74, 6) is 4.02. The van der Waals surface area contributed by atoms with E-state index in [9.17, 15) is 0 Å². The molecule has 2 aromatic heterocycles. The maximum Gasteiger partial charge on any atom is 0.321 e. The van der Waals surface area contributed by atoms with Crippen LogP contribution in [0.15, 0.2) is 146 Å². The molecule has 1 unspecified atom stereocenters. The molecular weight excluding hydrogens is 601 g/mol. The van der Waals surface area contributed by atoms with Crippen molar-refractivity contribution in [1.82, 2.24) is 0 Å². The van der Waals surface area contributed by atoms with Gasteiger partial charge in [-0.2, -0.15) is 18.9 Å². The Morgan fingerprint density at radius 3 is 2.04 bits per heavy atom. The van der Waals surface area contributed by atoms with Gasteiger partial charge in [0.15, 0.2) is 5.69 Å². The predicted molar refractivity (Wildman–Crippen MR) is 191 cm³/mol. The van der Waals surface area contributed by atoms with Gasteiger partial charge in [0.2, 0.25) is 0 Å². The van der Waals surface area contributed by atoms with E-state index >= 15 is 0 Å². The van der Waals surface area contributed by atoms with Gasteiger partial charge in [-0.15, -0.1) is 0 Å². The predicted octanol–water partition coefficient (Wildman–Crippen LogP) is 9.52. The highest BCUT2D eigenvalue weighted by Crippen LogP contribution is 2.64. The van der Waals surface area contributed by atoms with Gasteiger partial charge in [0.25, 0.3) is 11.6 Å². The summed E-state index contributed by atoms with van der Waals surface area (Å²) in [6, 6.07) is 48.8. The lowest BCUT2D eigenvalue weighted by Crippen LogP contribution is -2.79. The van der Waals surface area contributed by atoms with E-state index in [1.54, 1.807) is 0 Å². The summed E-state index contributed by atoms with van der Waals surface area (Å²) in [7, 11) is 0. The van der Waals surface area contributed by atoms with Crippen LogP contribution in [0.25, 0.3) is 22.3 Å². The average molecular weight is 631 g/mol. The first kappa shape index (κ1) is 25.8. The fourth-order valence-corrected chi connectivity index (χ4v) is 9.71. The second-order valence-corrected chi connectivity index (χ2v) is 14.2. The zero-order valence-corrected chi connectivity index (χ0v) is 27.1. The van der Waals surface area contributed by atoms with E-state index in [0.29, 0.717) is 0 Å². The van der Waals surface area contributed by atoms with E-state index in [0.717, 1.165) is 40.1 Å². The number of ether oxygens (including phenoxy) is 1. The Hall–Kier alpha value is -6.20. The minimum Gasteiger partial charge on any atom is -0.456 e. The topological polar surface area (TPSA) is 23.5 Å². The normalized spacial score (nSPS) is 18.3. The van der Waals surface area contributed by atoms with E-state index in [4.69, 9.17) is 4.74 Å². The molecule has 1 spiro atoms. The molecule has 49 heavy (non-hydrogen) atoms. The van der Waals surface area contributed by atoms with Crippen LogP contribution in [0.2, 0.25) is 0 Å². The fourth-order valence-electron chi connectivity index (χ4n) is 9.71. The van der Waals surface area contributed by atoms with Gasteiger partial charge in [-0.25, -0.2) is 0 Å². The molecule has 5 aromatic carbocycles. The summed E-state index contributed by atoms with van der Waals surface area (Å²) in [6.07, 6.45) is 4.56. The van der Waals surface area contributed by atoms with Gasteiger partial charge in [0.05, 0.1) is 18.0 Å². The van der Waals surface area contributed by atoms with E-state index in [1.165, 1.54) is 50.3 Å². The number of aromatic nitrogens is 2. The Bertz CT molecular complexity index is 2660. The molecule has 0 N–H and O–H groups in total. The number of nitrogens with zero attached hydrogens (tertiary/aromatic N) is 4. The lowest BCUT2D eigenvalue weighted by Gasteiger charge is -2.48. The van der Waals surface area contributed by atoms with Crippen molar-refractivity contribution in [2.45, 2.75) is 24.9 Å². The molecule has 0 bridgehead atoms. The largest absolute Gasteiger partial charge is 0.456 e. The first-order valence-corrected chi connectivity index (χ1v) is 17.0. The number of anilines is 6. The zero-order valence-electron chi connectivity index (χ0n) is 27.1. The highest BCUT2D eigenvalue weighted by molar-refractivity contribution is 6.02. The molecule has 0 aliphatic carbocycles. The van der Waals surface area contributed by atoms with Crippen molar-refractivity contribution >= 4 is 34.4 Å². The summed E-state index contributed by atoms with van der Waals surface area (Å²) in [5.41, 5.74) is 13.5. The SMILES string of the molecule is CC1(C)c2ccccc2N2c3c1ccc1c3C3(c4c(cccc4N4c5ccccc5-c5ccccc5-c5ccc[n+]3c54)O1)[n+]1ccccc12. The summed E-state index contributed by atoms with van der Waals surface area (Å²) in [6.45, 7) is 4.73. The van der Waals surface area contributed by atoms with Crippen LogP contribution in [-0.2, 0) is 11.1 Å². The van der Waals surface area contributed by atoms with Crippen LogP contribution in [-0.4, -0.2) is 0 Å². The minimum absolute atomic E-state index is 0.230. The van der Waals surface area contributed by atoms with Crippen LogP contribution in [0.4, 0.5) is 34.4 Å². The van der Waals surface area contributed by atoms with Crippen molar-refractivity contribution in [2.75, 3.05) is 9.80 Å². The fraction of sp³-hybridized carbons (Fsp3) is 0.0909. The van der Waals surface area contributed by atoms with Crippen LogP contribution in [0.5, 0.6) is 11.5 Å². The number of pyridine rings is 2. The molecule has 0 saturated carbocycles. The third-order valence-corrected chi connectivity index (χ3v) is 11.6. The first-order chi connectivity index (χ1) is 24.1. The second kappa shape index (κ2) is 8.44. The molecule has 5 nitrogen and oxygen atoms in total. The molecule has 0 amide bonds. The van der Waals surface area contributed by atoms with E-state index < -0.39 is 5.66 Å². The lowest BCUT2D eigenvalue weighted by molar-refractivity contribution is -0.962. The summed E-state index contributed by atoms with van der Waals surface area (Å²) in [5, 5.41) is 0. The molecular formula is C44H30N4O+2. The quantitative estimate of drug-likeness (QED) is 0.156. The molecule has 0 saturated heterocycles. The number of hydrogen-bond donors (Lipinski definition) is 0. The molecule has 230 valence electrons. The molecule has 12 rings (SSSR count). The number of hydrogen-bond acceptors (Lipinski definition) is 3. The van der Waals surface area contributed by atoms with Gasteiger partial charge in [0, 0.05) is 28.2 Å². The molecule has 5 aliphatic rings. The third-order valence-electron chi connectivity index (χ3n) is 11.6. The molecule has 7 aromatic rings. The third kappa shape index (κ3) is 2.76. The average Bonchev–Trinajstić information content (AvgIpc) is 3.27. The number of fused-ring (bicyclic) bond motifs is 10. The minimum atomic E-state index is -0.781. The molecule has 5 aliphatic heterocycles. The van der Waals surface area contributed by atoms with Gasteiger partial charge >= 0.3 is 5.66 Å². The number of para-hydroxylation sites is 2. The van der Waals surface area contributed by atoms with Crippen LogP contribution in [0.1, 0.15) is 36.1 Å². The standard InChI is InChI=1S/C44H30N4O/c1-43(2)31-17-6-8-19-34(31)48-38-22-9-10-25-45(38)44-39-35(20-11-21-36(39)49-37-24-23-32(43)41(48)40(37)44)47-33-18-7-5-15-29(33)27-13-3-4-14-28(27)30-16-12-26-46(44)42(30)47/h3-26H,1-2H3/q+2. The Morgan fingerprint density at radius 2 is 1.16 bits per heavy atom. The highest BCUT2D eigenvalue weighted by Gasteiger charge is 2.68. The first-order valence-electron chi connectivity index (χ1n) is 17.0. The van der Waals surface area contributed by atoms with Gasteiger partial charge in [-0.3, -0.25) is 0 Å². The number of rotatable bonds is 0. The highest BCUT2D eigenvalue weighted by atomic mass is 16.5. The number of benzene rings is 5. The van der Waals surface area contributed by atoms with Crippen molar-refractivity contribution in [1.29, 1.82) is 0 Å². The van der Waals surface area contributed by atoms with Crippen molar-refractivity contribution in [3.8, 4) is 33.8 Å². The Labute approximate surface area is 284 Å². The van der Waals surface area contributed by atoms with Crippen molar-refractivity contribution < 1.29 is 13.9 Å².